The van der Waals surface area contributed by atoms with E-state index in [9.17, 15) is 9.59 Å². The van der Waals surface area contributed by atoms with Crippen molar-refractivity contribution in [2.75, 3.05) is 22.9 Å². The normalized spacial score (nSPS) is 22.0. The summed E-state index contributed by atoms with van der Waals surface area (Å²) in [5, 5.41) is 0. The van der Waals surface area contributed by atoms with E-state index in [-0.39, 0.29) is 16.6 Å². The number of rotatable bonds is 1. The van der Waals surface area contributed by atoms with E-state index in [0.29, 0.717) is 13.0 Å². The molecule has 0 spiro atoms. The highest BCUT2D eigenvalue weighted by atomic mass is 79.9. The summed E-state index contributed by atoms with van der Waals surface area (Å²) >= 11 is 3.49. The molecular formula is C14H15BrN2O2. The zero-order valence-corrected chi connectivity index (χ0v) is 12.3. The Hall–Kier alpha value is -1.36. The van der Waals surface area contributed by atoms with Crippen LogP contribution < -0.4 is 9.80 Å². The number of benzene rings is 1. The summed E-state index contributed by atoms with van der Waals surface area (Å²) in [6.07, 6.45) is 1.43. The molecule has 100 valence electrons. The largest absolute Gasteiger partial charge is 0.312 e. The number of halogens is 1. The average molecular weight is 323 g/mol. The van der Waals surface area contributed by atoms with Gasteiger partial charge in [-0.2, -0.15) is 0 Å². The molecule has 1 unspecified atom stereocenters. The molecule has 0 N–H and O–H groups in total. The van der Waals surface area contributed by atoms with Crippen LogP contribution in [0.5, 0.6) is 0 Å². The van der Waals surface area contributed by atoms with Crippen molar-refractivity contribution in [3.05, 3.63) is 23.8 Å². The van der Waals surface area contributed by atoms with Crippen LogP contribution in [0.3, 0.4) is 0 Å². The third-order valence-electron chi connectivity index (χ3n) is 3.73. The Morgan fingerprint density at radius 1 is 1.42 bits per heavy atom. The van der Waals surface area contributed by atoms with Crippen molar-refractivity contribution in [2.45, 2.75) is 24.6 Å². The maximum Gasteiger partial charge on any atom is 0.228 e. The third kappa shape index (κ3) is 2.16. The molecule has 0 aromatic heterocycles. The van der Waals surface area contributed by atoms with Gasteiger partial charge in [-0.15, -0.1) is 0 Å². The Balaban J connectivity index is 1.95. The number of carbonyl (C=O) groups is 2. The van der Waals surface area contributed by atoms with Gasteiger partial charge in [-0.1, -0.05) is 22.0 Å². The van der Waals surface area contributed by atoms with Gasteiger partial charge in [-0.3, -0.25) is 9.59 Å². The lowest BCUT2D eigenvalue weighted by Gasteiger charge is -2.20. The maximum absolute atomic E-state index is 11.9. The Morgan fingerprint density at radius 3 is 2.84 bits per heavy atom. The van der Waals surface area contributed by atoms with Crippen LogP contribution >= 0.6 is 15.9 Å². The minimum Gasteiger partial charge on any atom is -0.312 e. The van der Waals surface area contributed by atoms with Gasteiger partial charge in [0.25, 0.3) is 0 Å². The molecule has 3 rings (SSSR count). The number of fused-ring (bicyclic) bond motifs is 1. The first-order valence-corrected chi connectivity index (χ1v) is 7.33. The van der Waals surface area contributed by atoms with Gasteiger partial charge in [0, 0.05) is 42.6 Å². The zero-order valence-electron chi connectivity index (χ0n) is 10.7. The molecule has 5 heteroatoms. The first-order chi connectivity index (χ1) is 9.06. The molecule has 0 bridgehead atoms. The van der Waals surface area contributed by atoms with Crippen molar-refractivity contribution >= 4 is 39.1 Å². The highest BCUT2D eigenvalue weighted by Gasteiger charge is 2.30. The molecule has 4 nitrogen and oxygen atoms in total. The van der Waals surface area contributed by atoms with E-state index in [1.165, 1.54) is 5.56 Å². The fraction of sp³-hybridized carbons (Fsp3) is 0.429. The summed E-state index contributed by atoms with van der Waals surface area (Å²) in [4.78, 5) is 27.3. The standard InChI is InChI=1S/C14H15BrN2O2/c1-9(18)16-5-4-10-2-3-12(7-13(10)16)17-8-11(15)6-14(17)19/h2-3,7,11H,4-6,8H2,1H3. The van der Waals surface area contributed by atoms with Gasteiger partial charge in [0.2, 0.25) is 11.8 Å². The lowest BCUT2D eigenvalue weighted by atomic mass is 10.1. The van der Waals surface area contributed by atoms with E-state index in [1.54, 1.807) is 16.7 Å². The van der Waals surface area contributed by atoms with Gasteiger partial charge in [0.05, 0.1) is 0 Å². The number of hydrogen-bond donors (Lipinski definition) is 0. The Labute approximate surface area is 120 Å². The minimum absolute atomic E-state index is 0.0574. The first-order valence-electron chi connectivity index (χ1n) is 6.41. The number of carbonyl (C=O) groups excluding carboxylic acids is 2. The average Bonchev–Trinajstić information content (AvgIpc) is 2.91. The Kier molecular flexibility index (Phi) is 3.09. The van der Waals surface area contributed by atoms with Crippen molar-refractivity contribution in [3.8, 4) is 0 Å². The lowest BCUT2D eigenvalue weighted by Crippen LogP contribution is -2.27. The number of amides is 2. The molecule has 19 heavy (non-hydrogen) atoms. The maximum atomic E-state index is 11.9. The number of nitrogens with zero attached hydrogens (tertiary/aromatic N) is 2. The van der Waals surface area contributed by atoms with Gasteiger partial charge >= 0.3 is 0 Å². The van der Waals surface area contributed by atoms with Gasteiger partial charge in [-0.05, 0) is 24.1 Å². The summed E-state index contributed by atoms with van der Waals surface area (Å²) in [5.41, 5.74) is 3.02. The molecule has 0 radical (unpaired) electrons. The second-order valence-electron chi connectivity index (χ2n) is 5.04. The monoisotopic (exact) mass is 322 g/mol. The molecular weight excluding hydrogens is 308 g/mol. The van der Waals surface area contributed by atoms with Crippen LogP contribution in [0.4, 0.5) is 11.4 Å². The molecule has 1 fully saturated rings. The molecule has 1 aromatic carbocycles. The fourth-order valence-corrected chi connectivity index (χ4v) is 3.34. The van der Waals surface area contributed by atoms with E-state index in [2.05, 4.69) is 15.9 Å². The van der Waals surface area contributed by atoms with Gasteiger partial charge < -0.3 is 9.80 Å². The van der Waals surface area contributed by atoms with Crippen LogP contribution in [-0.4, -0.2) is 29.7 Å². The second kappa shape index (κ2) is 4.63. The zero-order chi connectivity index (χ0) is 13.6. The molecule has 0 saturated carbocycles. The van der Waals surface area contributed by atoms with E-state index >= 15 is 0 Å². The van der Waals surface area contributed by atoms with Crippen molar-refractivity contribution < 1.29 is 9.59 Å². The third-order valence-corrected chi connectivity index (χ3v) is 4.35. The Morgan fingerprint density at radius 2 is 2.21 bits per heavy atom. The predicted molar refractivity (Wildman–Crippen MR) is 77.9 cm³/mol. The number of hydrogen-bond acceptors (Lipinski definition) is 2. The topological polar surface area (TPSA) is 40.6 Å². The summed E-state index contributed by atoms with van der Waals surface area (Å²) in [7, 11) is 0. The molecule has 2 aliphatic rings. The molecule has 2 amide bonds. The highest BCUT2D eigenvalue weighted by Crippen LogP contribution is 2.34. The predicted octanol–water partition coefficient (Wildman–Crippen LogP) is 2.10. The highest BCUT2D eigenvalue weighted by molar-refractivity contribution is 9.09. The van der Waals surface area contributed by atoms with Crippen LogP contribution in [0.25, 0.3) is 0 Å². The lowest BCUT2D eigenvalue weighted by molar-refractivity contribution is -0.117. The van der Waals surface area contributed by atoms with E-state index in [4.69, 9.17) is 0 Å². The summed E-state index contributed by atoms with van der Waals surface area (Å²) < 4.78 is 0. The first kappa shape index (κ1) is 12.7. The van der Waals surface area contributed by atoms with Crippen molar-refractivity contribution in [1.82, 2.24) is 0 Å². The second-order valence-corrected chi connectivity index (χ2v) is 6.33. The van der Waals surface area contributed by atoms with Crippen LogP contribution in [0.2, 0.25) is 0 Å². The summed E-state index contributed by atoms with van der Waals surface area (Å²) in [5.74, 6) is 0.191. The SMILES string of the molecule is CC(=O)N1CCc2ccc(N3CC(Br)CC3=O)cc21. The fourth-order valence-electron chi connectivity index (χ4n) is 2.78. The van der Waals surface area contributed by atoms with Crippen LogP contribution in [0, 0.1) is 0 Å². The molecule has 2 heterocycles. The molecule has 1 saturated heterocycles. The summed E-state index contributed by atoms with van der Waals surface area (Å²) in [6.45, 7) is 3.01. The van der Waals surface area contributed by atoms with Crippen molar-refractivity contribution in [1.29, 1.82) is 0 Å². The molecule has 1 atom stereocenters. The molecule has 0 aliphatic carbocycles. The van der Waals surface area contributed by atoms with Gasteiger partial charge in [0.1, 0.15) is 0 Å². The molecule has 1 aromatic rings. The number of anilines is 2. The van der Waals surface area contributed by atoms with Gasteiger partial charge in [0.15, 0.2) is 0 Å². The smallest absolute Gasteiger partial charge is 0.228 e. The van der Waals surface area contributed by atoms with Crippen molar-refractivity contribution in [3.63, 3.8) is 0 Å². The van der Waals surface area contributed by atoms with Crippen molar-refractivity contribution in [2.24, 2.45) is 0 Å². The van der Waals surface area contributed by atoms with Crippen LogP contribution in [0.1, 0.15) is 18.9 Å². The molecule has 2 aliphatic heterocycles. The summed E-state index contributed by atoms with van der Waals surface area (Å²) in [6, 6.07) is 5.97. The Bertz CT molecular complexity index is 558. The minimum atomic E-state index is 0.0574. The quantitative estimate of drug-likeness (QED) is 0.743. The van der Waals surface area contributed by atoms with E-state index in [0.717, 1.165) is 24.3 Å². The van der Waals surface area contributed by atoms with Crippen LogP contribution in [-0.2, 0) is 16.0 Å². The number of alkyl halides is 1. The van der Waals surface area contributed by atoms with E-state index in [1.807, 2.05) is 18.2 Å². The van der Waals surface area contributed by atoms with Gasteiger partial charge in [-0.25, -0.2) is 0 Å². The van der Waals surface area contributed by atoms with E-state index < -0.39 is 0 Å². The van der Waals surface area contributed by atoms with Crippen LogP contribution in [0.15, 0.2) is 18.2 Å².